The summed E-state index contributed by atoms with van der Waals surface area (Å²) < 4.78 is 10.3. The van der Waals surface area contributed by atoms with Crippen molar-refractivity contribution < 1.29 is 24.2 Å². The Bertz CT molecular complexity index is 448. The summed E-state index contributed by atoms with van der Waals surface area (Å²) in [6.07, 6.45) is 0.325. The van der Waals surface area contributed by atoms with Gasteiger partial charge in [-0.2, -0.15) is 0 Å². The first-order chi connectivity index (χ1) is 9.15. The second-order valence-electron chi connectivity index (χ2n) is 4.56. The van der Waals surface area contributed by atoms with Crippen LogP contribution < -0.4 is 0 Å². The molecule has 0 amide bonds. The highest BCUT2D eigenvalue weighted by atomic mass is 16.5. The maximum Gasteiger partial charge on any atom is 0.323 e. The zero-order valence-electron chi connectivity index (χ0n) is 10.5. The Morgan fingerprint density at radius 1 is 1.21 bits per heavy atom. The molecule has 1 aromatic rings. The van der Waals surface area contributed by atoms with Gasteiger partial charge in [0.2, 0.25) is 0 Å². The van der Waals surface area contributed by atoms with E-state index in [1.807, 2.05) is 30.3 Å². The Hall–Kier alpha value is -1.88. The molecule has 2 rings (SSSR count). The second kappa shape index (κ2) is 5.84. The predicted octanol–water partition coefficient (Wildman–Crippen LogP) is 1.61. The highest BCUT2D eigenvalue weighted by molar-refractivity contribution is 5.99. The first-order valence-electron chi connectivity index (χ1n) is 6.17. The van der Waals surface area contributed by atoms with Crippen molar-refractivity contribution >= 4 is 11.9 Å². The van der Waals surface area contributed by atoms with E-state index in [-0.39, 0.29) is 32.7 Å². The molecule has 1 aliphatic heterocycles. The summed E-state index contributed by atoms with van der Waals surface area (Å²) in [6, 6.07) is 9.19. The van der Waals surface area contributed by atoms with Gasteiger partial charge in [-0.05, 0) is 18.4 Å². The Kier molecular flexibility index (Phi) is 4.16. The Morgan fingerprint density at radius 3 is 2.42 bits per heavy atom. The first-order valence-corrected chi connectivity index (χ1v) is 6.17. The van der Waals surface area contributed by atoms with Gasteiger partial charge >= 0.3 is 11.9 Å². The average Bonchev–Trinajstić information content (AvgIpc) is 2.46. The van der Waals surface area contributed by atoms with Crippen molar-refractivity contribution in [1.82, 2.24) is 0 Å². The van der Waals surface area contributed by atoms with Crippen molar-refractivity contribution in [3.8, 4) is 0 Å². The SMILES string of the molecule is O=C(O)C1(C(=O)OCc2ccccc2)CCOCC1. The maximum absolute atomic E-state index is 12.1. The molecule has 5 nitrogen and oxygen atoms in total. The summed E-state index contributed by atoms with van der Waals surface area (Å²) in [5.74, 6) is -1.80. The fourth-order valence-corrected chi connectivity index (χ4v) is 2.09. The fraction of sp³-hybridized carbons (Fsp3) is 0.429. The van der Waals surface area contributed by atoms with Crippen molar-refractivity contribution in [2.24, 2.45) is 5.41 Å². The lowest BCUT2D eigenvalue weighted by atomic mass is 9.80. The summed E-state index contributed by atoms with van der Waals surface area (Å²) in [5.41, 5.74) is -0.615. The number of esters is 1. The fourth-order valence-electron chi connectivity index (χ4n) is 2.09. The number of carboxylic acids is 1. The van der Waals surface area contributed by atoms with Crippen molar-refractivity contribution in [3.05, 3.63) is 35.9 Å². The Balaban J connectivity index is 2.02. The zero-order chi connectivity index (χ0) is 13.7. The lowest BCUT2D eigenvalue weighted by molar-refractivity contribution is -0.176. The molecule has 0 unspecified atom stereocenters. The molecule has 0 saturated carbocycles. The van der Waals surface area contributed by atoms with Gasteiger partial charge in [-0.15, -0.1) is 0 Å². The van der Waals surface area contributed by atoms with E-state index < -0.39 is 17.4 Å². The molecule has 1 aliphatic rings. The number of benzene rings is 1. The van der Waals surface area contributed by atoms with Crippen LogP contribution in [0.3, 0.4) is 0 Å². The van der Waals surface area contributed by atoms with Gasteiger partial charge in [0.05, 0.1) is 0 Å². The molecule has 1 heterocycles. The predicted molar refractivity (Wildman–Crippen MR) is 66.4 cm³/mol. The number of hydrogen-bond acceptors (Lipinski definition) is 4. The van der Waals surface area contributed by atoms with Gasteiger partial charge in [-0.25, -0.2) is 0 Å². The summed E-state index contributed by atoms with van der Waals surface area (Å²) in [7, 11) is 0. The second-order valence-corrected chi connectivity index (χ2v) is 4.56. The van der Waals surface area contributed by atoms with Crippen LogP contribution in [-0.4, -0.2) is 30.3 Å². The minimum absolute atomic E-state index is 0.0928. The highest BCUT2D eigenvalue weighted by Gasteiger charge is 2.48. The number of aliphatic carboxylic acids is 1. The lowest BCUT2D eigenvalue weighted by Crippen LogP contribution is -2.45. The Morgan fingerprint density at radius 2 is 1.84 bits per heavy atom. The van der Waals surface area contributed by atoms with Crippen LogP contribution in [0.25, 0.3) is 0 Å². The largest absolute Gasteiger partial charge is 0.480 e. The normalized spacial score (nSPS) is 17.7. The van der Waals surface area contributed by atoms with Crippen LogP contribution in [0.15, 0.2) is 30.3 Å². The molecule has 1 fully saturated rings. The average molecular weight is 264 g/mol. The molecule has 0 atom stereocenters. The number of carbonyl (C=O) groups excluding carboxylic acids is 1. The van der Waals surface area contributed by atoms with Crippen LogP contribution in [0.1, 0.15) is 18.4 Å². The minimum atomic E-state index is -1.45. The highest BCUT2D eigenvalue weighted by Crippen LogP contribution is 2.32. The molecule has 0 aromatic heterocycles. The van der Waals surface area contributed by atoms with Crippen molar-refractivity contribution in [2.75, 3.05) is 13.2 Å². The molecule has 1 N–H and O–H groups in total. The molecule has 1 saturated heterocycles. The molecular weight excluding hydrogens is 248 g/mol. The van der Waals surface area contributed by atoms with E-state index >= 15 is 0 Å². The summed E-state index contributed by atoms with van der Waals surface area (Å²) in [4.78, 5) is 23.4. The number of carboxylic acid groups (broad SMARTS) is 1. The van der Waals surface area contributed by atoms with Crippen LogP contribution in [0.5, 0.6) is 0 Å². The number of rotatable bonds is 4. The molecule has 0 spiro atoms. The molecule has 0 aliphatic carbocycles. The smallest absolute Gasteiger partial charge is 0.323 e. The van der Waals surface area contributed by atoms with Crippen LogP contribution in [0.4, 0.5) is 0 Å². The Labute approximate surface area is 111 Å². The first kappa shape index (κ1) is 13.5. The lowest BCUT2D eigenvalue weighted by Gasteiger charge is -2.30. The molecule has 5 heteroatoms. The molecule has 1 aromatic carbocycles. The van der Waals surface area contributed by atoms with E-state index in [2.05, 4.69) is 0 Å². The van der Waals surface area contributed by atoms with Crippen molar-refractivity contribution in [2.45, 2.75) is 19.4 Å². The summed E-state index contributed by atoms with van der Waals surface area (Å²) in [6.45, 7) is 0.634. The molecule has 0 radical (unpaired) electrons. The van der Waals surface area contributed by atoms with Gasteiger partial charge in [-0.3, -0.25) is 9.59 Å². The summed E-state index contributed by atoms with van der Waals surface area (Å²) in [5, 5.41) is 9.30. The molecule has 102 valence electrons. The topological polar surface area (TPSA) is 72.8 Å². The molecule has 0 bridgehead atoms. The maximum atomic E-state index is 12.1. The minimum Gasteiger partial charge on any atom is -0.480 e. The van der Waals surface area contributed by atoms with Gasteiger partial charge in [0.1, 0.15) is 6.61 Å². The number of ether oxygens (including phenoxy) is 2. The molecule has 19 heavy (non-hydrogen) atoms. The van der Waals surface area contributed by atoms with Gasteiger partial charge in [-0.1, -0.05) is 30.3 Å². The van der Waals surface area contributed by atoms with E-state index in [4.69, 9.17) is 9.47 Å². The number of hydrogen-bond donors (Lipinski definition) is 1. The van der Waals surface area contributed by atoms with E-state index in [1.54, 1.807) is 0 Å². The van der Waals surface area contributed by atoms with Gasteiger partial charge in [0.25, 0.3) is 0 Å². The third-order valence-electron chi connectivity index (χ3n) is 3.36. The van der Waals surface area contributed by atoms with Crippen LogP contribution in [0, 0.1) is 5.41 Å². The molecular formula is C14H16O5. The van der Waals surface area contributed by atoms with E-state index in [9.17, 15) is 14.7 Å². The van der Waals surface area contributed by atoms with E-state index in [1.165, 1.54) is 0 Å². The van der Waals surface area contributed by atoms with Crippen molar-refractivity contribution in [1.29, 1.82) is 0 Å². The standard InChI is InChI=1S/C14H16O5/c15-12(16)14(6-8-18-9-7-14)13(17)19-10-11-4-2-1-3-5-11/h1-5H,6-10H2,(H,15,16). The van der Waals surface area contributed by atoms with Gasteiger partial charge < -0.3 is 14.6 Å². The van der Waals surface area contributed by atoms with Crippen LogP contribution >= 0.6 is 0 Å². The van der Waals surface area contributed by atoms with Gasteiger partial charge in [0, 0.05) is 13.2 Å². The van der Waals surface area contributed by atoms with Crippen molar-refractivity contribution in [3.63, 3.8) is 0 Å². The van der Waals surface area contributed by atoms with Gasteiger partial charge in [0.15, 0.2) is 5.41 Å². The number of carbonyl (C=O) groups is 2. The summed E-state index contributed by atoms with van der Waals surface area (Å²) >= 11 is 0. The zero-order valence-corrected chi connectivity index (χ0v) is 10.5. The van der Waals surface area contributed by atoms with E-state index in [0.29, 0.717) is 0 Å². The monoisotopic (exact) mass is 264 g/mol. The van der Waals surface area contributed by atoms with Crippen LogP contribution in [0.2, 0.25) is 0 Å². The van der Waals surface area contributed by atoms with Crippen LogP contribution in [-0.2, 0) is 25.7 Å². The third kappa shape index (κ3) is 2.93. The third-order valence-corrected chi connectivity index (χ3v) is 3.36. The van der Waals surface area contributed by atoms with E-state index in [0.717, 1.165) is 5.56 Å². The quantitative estimate of drug-likeness (QED) is 0.660.